The van der Waals surface area contributed by atoms with Crippen LogP contribution in [0.4, 0.5) is 33.6 Å². The molecule has 56 heteroatoms. The lowest BCUT2D eigenvalue weighted by Gasteiger charge is -2.05. The molecule has 0 saturated carbocycles. The van der Waals surface area contributed by atoms with Crippen molar-refractivity contribution in [1.29, 1.82) is 0 Å². The third-order valence-electron chi connectivity index (χ3n) is 13.1. The fourth-order valence-electron chi connectivity index (χ4n) is 6.55. The van der Waals surface area contributed by atoms with Crippen LogP contribution < -0.4 is 42.5 Å². The molecule has 0 aliphatic rings. The average molecular weight is 2060 g/mol. The molecule has 0 radical (unpaired) electrons. The number of amides is 7. The van der Waals surface area contributed by atoms with E-state index in [1.54, 1.807) is 35.4 Å². The van der Waals surface area contributed by atoms with E-state index in [4.69, 9.17) is 142 Å². The number of rotatable bonds is 75. The van der Waals surface area contributed by atoms with Crippen molar-refractivity contribution in [2.24, 2.45) is 0 Å². The highest BCUT2D eigenvalue weighted by atomic mass is 16.7. The second-order valence-corrected chi connectivity index (χ2v) is 24.0. The van der Waals surface area contributed by atoms with Crippen molar-refractivity contribution in [2.75, 3.05) is 435 Å². The number of esters is 1. The monoisotopic (exact) mass is 2060 g/mol. The smallest absolute Gasteiger partial charge is 0.469 e. The van der Waals surface area contributed by atoms with Gasteiger partial charge in [-0.05, 0) is 19.9 Å². The zero-order chi connectivity index (χ0) is 107. The molecule has 0 fully saturated rings. The van der Waals surface area contributed by atoms with E-state index in [1.807, 2.05) is 7.05 Å². The van der Waals surface area contributed by atoms with Crippen LogP contribution in [0.25, 0.3) is 0 Å². The summed E-state index contributed by atoms with van der Waals surface area (Å²) in [5, 5.41) is 128. The minimum atomic E-state index is -0.724. The molecule has 0 heterocycles. The molecular weight excluding hydrogens is 1880 g/mol. The lowest BCUT2D eigenvalue weighted by atomic mass is 10.1. The number of aliphatic hydroxyl groups is 13. The minimum Gasteiger partial charge on any atom is -0.469 e. The van der Waals surface area contributed by atoms with Gasteiger partial charge < -0.3 is 232 Å². The van der Waals surface area contributed by atoms with E-state index in [2.05, 4.69) is 89.9 Å². The molecule has 0 aliphatic heterocycles. The lowest BCUT2D eigenvalue weighted by Crippen LogP contribution is -2.35. The van der Waals surface area contributed by atoms with Crippen LogP contribution in [0.5, 0.6) is 0 Å². The molecule has 0 aromatic carbocycles. The van der Waals surface area contributed by atoms with Crippen molar-refractivity contribution in [1.82, 2.24) is 42.5 Å². The molecule has 56 nitrogen and oxygen atoms in total. The highest BCUT2D eigenvalue weighted by Gasteiger charge is 2.05. The Bertz CT molecular complexity index is 2070. The molecular formula is C83H182N8O48. The van der Waals surface area contributed by atoms with Crippen LogP contribution in [0.3, 0.4) is 0 Å². The van der Waals surface area contributed by atoms with Gasteiger partial charge in [0.15, 0.2) is 0 Å². The molecule has 139 heavy (non-hydrogen) atoms. The molecule has 21 N–H and O–H groups in total. The predicted octanol–water partition coefficient (Wildman–Crippen LogP) is -4.54. The molecule has 0 atom stereocenters. The molecule has 7 amide bonds. The van der Waals surface area contributed by atoms with Crippen LogP contribution in [-0.4, -0.2) is 556 Å². The van der Waals surface area contributed by atoms with Crippen molar-refractivity contribution < 1.29 is 233 Å². The zero-order valence-electron chi connectivity index (χ0n) is 84.7. The number of hydrogen-bond donors (Lipinski definition) is 21. The van der Waals surface area contributed by atoms with Gasteiger partial charge in [0.25, 0.3) is 0 Å². The number of unbranched alkanes of at least 4 members (excludes halogenated alkanes) is 5. The van der Waals surface area contributed by atoms with Gasteiger partial charge in [-0.15, -0.1) is 0 Å². The minimum absolute atomic E-state index is 0.00176. The number of ether oxygens (including phenoxy) is 26. The fourth-order valence-corrected chi connectivity index (χ4v) is 6.55. The number of alkyl carbamates (subject to hydrolysis) is 4. The van der Waals surface area contributed by atoms with Gasteiger partial charge in [-0.2, -0.15) is 0 Å². The highest BCUT2D eigenvalue weighted by molar-refractivity contribution is 5.75. The molecule has 842 valence electrons. The number of methoxy groups -OCH3 is 9. The Labute approximate surface area is 820 Å². The van der Waals surface area contributed by atoms with Crippen LogP contribution >= 0.6 is 0 Å². The number of urea groups is 1. The summed E-state index contributed by atoms with van der Waals surface area (Å²) < 4.78 is 122. The largest absolute Gasteiger partial charge is 0.508 e. The Morgan fingerprint density at radius 2 is 0.468 bits per heavy atom. The number of carbonyl (C=O) groups is 9. The summed E-state index contributed by atoms with van der Waals surface area (Å²) in [4.78, 5) is 93.9. The van der Waals surface area contributed by atoms with E-state index in [0.29, 0.717) is 224 Å². The second-order valence-electron chi connectivity index (χ2n) is 24.0. The summed E-state index contributed by atoms with van der Waals surface area (Å²) in [6, 6.07) is -0.224. The predicted molar refractivity (Wildman–Crippen MR) is 502 cm³/mol. The maximum atomic E-state index is 10.6. The Morgan fingerprint density at radius 3 is 0.763 bits per heavy atom. The SMILES string of the molecule is CNC(=O)CCOCCO.CNC(=O)NCCOCCO.CNC(=O)OCCOCCO.CNCCOCCO.COC(=O)CCOCCO.COC(=O)NCCCCCCCCO.COC(=O)NCCOCCO.COC(=O)NCCOCCOCCO.COC(=O)OCCCO.COC(=O)OCCOCCO.COCCOCCO.COCCOCCOCCO.COCCOCCOCCO. The van der Waals surface area contributed by atoms with E-state index in [0.717, 1.165) is 32.2 Å². The Balaban J connectivity index is -0.000000113. The van der Waals surface area contributed by atoms with Crippen molar-refractivity contribution >= 4 is 54.6 Å². The van der Waals surface area contributed by atoms with E-state index in [9.17, 15) is 43.2 Å². The first-order valence-electron chi connectivity index (χ1n) is 44.5. The van der Waals surface area contributed by atoms with Gasteiger partial charge in [0.2, 0.25) is 5.91 Å². The molecule has 0 aromatic rings. The third-order valence-corrected chi connectivity index (χ3v) is 13.1. The number of likely N-dealkylation sites (N-methyl/N-ethyl adjacent to an activating group) is 1. The number of carbonyl (C=O) groups excluding carboxylic acids is 9. The first kappa shape index (κ1) is 160. The van der Waals surface area contributed by atoms with Gasteiger partial charge in [-0.25, -0.2) is 33.6 Å². The topological polar surface area (TPSA) is 753 Å². The molecule has 0 aromatic heterocycles. The molecule has 0 aliphatic carbocycles. The summed E-state index contributed by atoms with van der Waals surface area (Å²) in [5.41, 5.74) is 0. The van der Waals surface area contributed by atoms with Gasteiger partial charge in [-0.1, -0.05) is 25.7 Å². The fraction of sp³-hybridized carbons (Fsp3) is 0.892. The van der Waals surface area contributed by atoms with Gasteiger partial charge in [0.1, 0.15) is 13.2 Å². The first-order valence-corrected chi connectivity index (χ1v) is 44.5. The van der Waals surface area contributed by atoms with E-state index >= 15 is 0 Å². The maximum absolute atomic E-state index is 10.6. The molecule has 0 rings (SSSR count). The van der Waals surface area contributed by atoms with Crippen LogP contribution in [0, 0.1) is 0 Å². The van der Waals surface area contributed by atoms with Crippen LogP contribution in [0.1, 0.15) is 57.8 Å². The molecule has 0 saturated heterocycles. The number of aliphatic hydroxyl groups excluding tert-OH is 13. The molecule has 0 bridgehead atoms. The molecule has 0 spiro atoms. The summed E-state index contributed by atoms with van der Waals surface area (Å²) >= 11 is 0. The third kappa shape index (κ3) is 209. The molecule has 0 unspecified atom stereocenters. The lowest BCUT2D eigenvalue weighted by molar-refractivity contribution is -0.142. The van der Waals surface area contributed by atoms with Crippen LogP contribution in [0.15, 0.2) is 0 Å². The highest BCUT2D eigenvalue weighted by Crippen LogP contribution is 2.04. The Hall–Kier alpha value is -7.41. The zero-order valence-corrected chi connectivity index (χ0v) is 84.7. The quantitative estimate of drug-likeness (QED) is 0.0155. The van der Waals surface area contributed by atoms with Crippen LogP contribution in [-0.2, 0) is 133 Å². The van der Waals surface area contributed by atoms with Crippen LogP contribution in [0.2, 0.25) is 0 Å². The van der Waals surface area contributed by atoms with E-state index in [1.165, 1.54) is 62.5 Å². The Morgan fingerprint density at radius 1 is 0.201 bits per heavy atom. The average Bonchev–Trinajstić information content (AvgIpc) is 1.11. The summed E-state index contributed by atoms with van der Waals surface area (Å²) in [7, 11) is 19.1. The van der Waals surface area contributed by atoms with Gasteiger partial charge in [0, 0.05) is 101 Å². The first-order chi connectivity index (χ1) is 67.4. The van der Waals surface area contributed by atoms with Crippen molar-refractivity contribution in [3.05, 3.63) is 0 Å². The van der Waals surface area contributed by atoms with Gasteiger partial charge in [-0.3, -0.25) is 9.59 Å². The van der Waals surface area contributed by atoms with Crippen molar-refractivity contribution in [3.63, 3.8) is 0 Å². The normalized spacial score (nSPS) is 9.60. The van der Waals surface area contributed by atoms with E-state index < -0.39 is 30.6 Å². The summed E-state index contributed by atoms with van der Waals surface area (Å²) in [6.45, 7) is 17.5. The standard InChI is InChI=1S/C10H21NO3.C8H17NO5.2C7H16O4.C6H14N2O3.2C6H13NO4.C6H13NO3.C6H12O5.C6H12O4.C5H13NO2.C5H10O4.C5H12O3/c1-14-10(13)11-8-6-4-2-3-5-7-9-12;1-12-8(11)9-2-4-13-6-7-14-5-3-10;2*1-9-4-5-11-7-6-10-3-2-8;1-7-6(10)8-2-4-11-5-3-9;1-10-6(9)7-2-4-11-5-3-8;1-7-6(9)11-5-4-10-3-2-8;1-7-6(9)2-4-10-5-3-8;1-9-6(8)11-5-4-10-3-2-7;1-9-6(8)2-4-10-5-3-7;1-6-2-4-8-5-3-7;1-8-5(7)9-4-2-3-6;1-7-4-5-8-3-2-6/h12H,2-9H2,1H3,(H,11,13);10H,2-7H2,1H3,(H,9,11);2*8H,2-7H2,1H3;9H,2-5H2,1H3,(H2,7,8,10);2*8H,2-5H2,1H3,(H,7,9);8H,2-5H2,1H3,(H,7,9);7H,2-5H2,1H3;7H,2-5H2,1H3;6-7H,2-5H2,1H3;6H,2-4H2,1H3;6H,2-5H2,1H3. The summed E-state index contributed by atoms with van der Waals surface area (Å²) in [5.74, 6) is -0.337. The Kier molecular flexibility index (Phi) is 192. The van der Waals surface area contributed by atoms with Gasteiger partial charge in [0.05, 0.1) is 333 Å². The van der Waals surface area contributed by atoms with Gasteiger partial charge >= 0.3 is 48.7 Å². The summed E-state index contributed by atoms with van der Waals surface area (Å²) in [6.07, 6.45) is 4.31. The van der Waals surface area contributed by atoms with Crippen molar-refractivity contribution in [2.45, 2.75) is 57.8 Å². The number of hydrogen-bond acceptors (Lipinski definition) is 49. The number of nitrogens with one attached hydrogen (secondary N) is 8. The second kappa shape index (κ2) is 167. The van der Waals surface area contributed by atoms with E-state index in [-0.39, 0.29) is 156 Å². The maximum Gasteiger partial charge on any atom is 0.508 e. The van der Waals surface area contributed by atoms with Crippen molar-refractivity contribution in [3.8, 4) is 0 Å².